The molecule has 1 unspecified atom stereocenters. The van der Waals surface area contributed by atoms with E-state index >= 15 is 0 Å². The lowest BCUT2D eigenvalue weighted by Gasteiger charge is -2.23. The summed E-state index contributed by atoms with van der Waals surface area (Å²) in [6.45, 7) is 2.76. The van der Waals surface area contributed by atoms with E-state index in [1.807, 2.05) is 69.6 Å². The first kappa shape index (κ1) is 18.0. The van der Waals surface area contributed by atoms with Crippen LogP contribution in [0.5, 0.6) is 5.75 Å². The molecular formula is C20H26N2O2. The molecular weight excluding hydrogens is 300 g/mol. The van der Waals surface area contributed by atoms with Crippen LogP contribution in [-0.2, 0) is 11.2 Å². The Kier molecular flexibility index (Phi) is 6.38. The van der Waals surface area contributed by atoms with Crippen LogP contribution in [0.25, 0.3) is 0 Å². The fourth-order valence-corrected chi connectivity index (χ4v) is 2.75. The zero-order valence-electron chi connectivity index (χ0n) is 14.9. The predicted molar refractivity (Wildman–Crippen MR) is 97.3 cm³/mol. The van der Waals surface area contributed by atoms with E-state index in [4.69, 9.17) is 4.74 Å². The van der Waals surface area contributed by atoms with Crippen LogP contribution in [0.2, 0.25) is 0 Å². The topological polar surface area (TPSA) is 41.6 Å². The van der Waals surface area contributed by atoms with Gasteiger partial charge < -0.3 is 15.0 Å². The summed E-state index contributed by atoms with van der Waals surface area (Å²) in [4.78, 5) is 14.6. The average molecular weight is 326 g/mol. The molecule has 0 saturated carbocycles. The number of nitrogens with zero attached hydrogens (tertiary/aromatic N) is 1. The summed E-state index contributed by atoms with van der Waals surface area (Å²) >= 11 is 0. The van der Waals surface area contributed by atoms with Gasteiger partial charge in [0.1, 0.15) is 5.75 Å². The van der Waals surface area contributed by atoms with Gasteiger partial charge in [0.25, 0.3) is 0 Å². The number of rotatable bonds is 7. The van der Waals surface area contributed by atoms with Crippen molar-refractivity contribution < 1.29 is 9.53 Å². The highest BCUT2D eigenvalue weighted by molar-refractivity contribution is 5.80. The van der Waals surface area contributed by atoms with Gasteiger partial charge >= 0.3 is 0 Å². The number of carbonyl (C=O) groups excluding carboxylic acids is 1. The zero-order valence-corrected chi connectivity index (χ0v) is 14.9. The Morgan fingerprint density at radius 1 is 1.17 bits per heavy atom. The summed E-state index contributed by atoms with van der Waals surface area (Å²) in [7, 11) is 5.64. The van der Waals surface area contributed by atoms with Gasteiger partial charge in [-0.3, -0.25) is 4.79 Å². The highest BCUT2D eigenvalue weighted by Gasteiger charge is 2.17. The molecule has 0 aliphatic carbocycles. The van der Waals surface area contributed by atoms with Crippen LogP contribution < -0.4 is 10.1 Å². The first-order valence-corrected chi connectivity index (χ1v) is 8.12. The summed E-state index contributed by atoms with van der Waals surface area (Å²) in [6, 6.07) is 15.9. The molecule has 2 aromatic carbocycles. The molecule has 0 radical (unpaired) electrons. The largest absolute Gasteiger partial charge is 0.496 e. The van der Waals surface area contributed by atoms with Gasteiger partial charge in [0.15, 0.2) is 0 Å². The second kappa shape index (κ2) is 8.50. The van der Waals surface area contributed by atoms with E-state index in [-0.39, 0.29) is 11.9 Å². The molecule has 0 saturated heterocycles. The van der Waals surface area contributed by atoms with Crippen LogP contribution in [0.4, 0.5) is 0 Å². The standard InChI is InChI=1S/C20H26N2O2/c1-15-10-11-19(24-4)17(12-15)13-20(23)21-18(14-22(2)3)16-8-6-5-7-9-16/h5-12,18H,13-14H2,1-4H3,(H,21,23). The molecule has 0 heterocycles. The summed E-state index contributed by atoms with van der Waals surface area (Å²) < 4.78 is 5.37. The highest BCUT2D eigenvalue weighted by atomic mass is 16.5. The van der Waals surface area contributed by atoms with Crippen molar-refractivity contribution in [3.8, 4) is 5.75 Å². The van der Waals surface area contributed by atoms with E-state index in [1.54, 1.807) is 7.11 Å². The lowest BCUT2D eigenvalue weighted by atomic mass is 10.0. The quantitative estimate of drug-likeness (QED) is 0.850. The monoisotopic (exact) mass is 326 g/mol. The minimum absolute atomic E-state index is 0.00500. The normalized spacial score (nSPS) is 12.0. The molecule has 0 aromatic heterocycles. The fourth-order valence-electron chi connectivity index (χ4n) is 2.75. The third kappa shape index (κ3) is 5.10. The predicted octanol–water partition coefficient (Wildman–Crippen LogP) is 2.97. The van der Waals surface area contributed by atoms with Crippen LogP contribution in [0.1, 0.15) is 22.7 Å². The Labute approximate surface area is 144 Å². The van der Waals surface area contributed by atoms with Crippen molar-refractivity contribution in [2.75, 3.05) is 27.7 Å². The molecule has 0 aliphatic heterocycles. The third-order valence-corrected chi connectivity index (χ3v) is 3.87. The maximum absolute atomic E-state index is 12.6. The van der Waals surface area contributed by atoms with Crippen molar-refractivity contribution >= 4 is 5.91 Å². The Balaban J connectivity index is 2.12. The van der Waals surface area contributed by atoms with Crippen LogP contribution in [0, 0.1) is 6.92 Å². The smallest absolute Gasteiger partial charge is 0.225 e. The van der Waals surface area contributed by atoms with Gasteiger partial charge in [0, 0.05) is 12.1 Å². The van der Waals surface area contributed by atoms with Gasteiger partial charge in [0.05, 0.1) is 19.6 Å². The van der Waals surface area contributed by atoms with Gasteiger partial charge in [-0.2, -0.15) is 0 Å². The molecule has 128 valence electrons. The molecule has 24 heavy (non-hydrogen) atoms. The summed E-state index contributed by atoms with van der Waals surface area (Å²) in [5.74, 6) is 0.745. The average Bonchev–Trinajstić information content (AvgIpc) is 2.55. The van der Waals surface area contributed by atoms with Gasteiger partial charge in [-0.15, -0.1) is 0 Å². The van der Waals surface area contributed by atoms with Gasteiger partial charge in [-0.1, -0.05) is 48.0 Å². The number of amides is 1. The molecule has 4 heteroatoms. The number of methoxy groups -OCH3 is 1. The number of aryl methyl sites for hydroxylation is 1. The fraction of sp³-hybridized carbons (Fsp3) is 0.350. The lowest BCUT2D eigenvalue weighted by molar-refractivity contribution is -0.121. The van der Waals surface area contributed by atoms with Crippen LogP contribution in [0.3, 0.4) is 0 Å². The van der Waals surface area contributed by atoms with Crippen LogP contribution in [-0.4, -0.2) is 38.6 Å². The second-order valence-electron chi connectivity index (χ2n) is 6.29. The minimum Gasteiger partial charge on any atom is -0.496 e. The van der Waals surface area contributed by atoms with Crippen molar-refractivity contribution in [2.24, 2.45) is 0 Å². The summed E-state index contributed by atoms with van der Waals surface area (Å²) in [5, 5.41) is 3.15. The van der Waals surface area contributed by atoms with E-state index in [9.17, 15) is 4.79 Å². The number of hydrogen-bond donors (Lipinski definition) is 1. The Morgan fingerprint density at radius 3 is 2.50 bits per heavy atom. The van der Waals surface area contributed by atoms with E-state index in [0.29, 0.717) is 6.42 Å². The van der Waals surface area contributed by atoms with Crippen LogP contribution >= 0.6 is 0 Å². The number of benzene rings is 2. The van der Waals surface area contributed by atoms with Crippen molar-refractivity contribution in [1.82, 2.24) is 10.2 Å². The molecule has 1 atom stereocenters. The van der Waals surface area contributed by atoms with E-state index in [1.165, 1.54) is 0 Å². The first-order chi connectivity index (χ1) is 11.5. The van der Waals surface area contributed by atoms with Gasteiger partial charge in [-0.25, -0.2) is 0 Å². The number of ether oxygens (including phenoxy) is 1. The Morgan fingerprint density at radius 2 is 1.88 bits per heavy atom. The minimum atomic E-state index is -0.0375. The first-order valence-electron chi connectivity index (χ1n) is 8.12. The summed E-state index contributed by atoms with van der Waals surface area (Å²) in [6.07, 6.45) is 0.307. The molecule has 1 amide bonds. The van der Waals surface area contributed by atoms with E-state index in [0.717, 1.165) is 29.0 Å². The zero-order chi connectivity index (χ0) is 17.5. The van der Waals surface area contributed by atoms with E-state index in [2.05, 4.69) is 10.2 Å². The van der Waals surface area contributed by atoms with Crippen molar-refractivity contribution in [3.63, 3.8) is 0 Å². The molecule has 1 N–H and O–H groups in total. The van der Waals surface area contributed by atoms with Crippen molar-refractivity contribution in [1.29, 1.82) is 0 Å². The molecule has 2 aromatic rings. The Hall–Kier alpha value is -2.33. The second-order valence-corrected chi connectivity index (χ2v) is 6.29. The maximum Gasteiger partial charge on any atom is 0.225 e. The van der Waals surface area contributed by atoms with Crippen molar-refractivity contribution in [3.05, 3.63) is 65.2 Å². The molecule has 0 aliphatic rings. The maximum atomic E-state index is 12.6. The number of nitrogens with one attached hydrogen (secondary N) is 1. The Bertz CT molecular complexity index is 669. The SMILES string of the molecule is COc1ccc(C)cc1CC(=O)NC(CN(C)C)c1ccccc1. The van der Waals surface area contributed by atoms with Crippen LogP contribution in [0.15, 0.2) is 48.5 Å². The van der Waals surface area contributed by atoms with E-state index < -0.39 is 0 Å². The molecule has 2 rings (SSSR count). The molecule has 4 nitrogen and oxygen atoms in total. The number of carbonyl (C=O) groups is 1. The molecule has 0 fully saturated rings. The molecule has 0 spiro atoms. The molecule has 0 bridgehead atoms. The number of hydrogen-bond acceptors (Lipinski definition) is 3. The lowest BCUT2D eigenvalue weighted by Crippen LogP contribution is -2.36. The van der Waals surface area contributed by atoms with Crippen molar-refractivity contribution in [2.45, 2.75) is 19.4 Å². The third-order valence-electron chi connectivity index (χ3n) is 3.87. The number of likely N-dealkylation sites (N-methyl/N-ethyl adjacent to an activating group) is 1. The summed E-state index contributed by atoms with van der Waals surface area (Å²) in [5.41, 5.74) is 3.13. The van der Waals surface area contributed by atoms with Gasteiger partial charge in [-0.05, 0) is 32.6 Å². The van der Waals surface area contributed by atoms with Gasteiger partial charge in [0.2, 0.25) is 5.91 Å². The highest BCUT2D eigenvalue weighted by Crippen LogP contribution is 2.21.